The van der Waals surface area contributed by atoms with Gasteiger partial charge in [-0.1, -0.05) is 78.9 Å². The molecule has 2 aromatic heterocycles. The highest BCUT2D eigenvalue weighted by molar-refractivity contribution is 5.78. The molecule has 0 spiro atoms. The Hall–Kier alpha value is -4.38. The minimum atomic E-state index is -0.888. The van der Waals surface area contributed by atoms with E-state index in [1.165, 1.54) is 5.56 Å². The maximum Gasteiger partial charge on any atom is 0.313 e. The van der Waals surface area contributed by atoms with Gasteiger partial charge in [-0.25, -0.2) is 0 Å². The maximum atomic E-state index is 12.4. The lowest BCUT2D eigenvalue weighted by molar-refractivity contribution is -0.139. The molecule has 33 heavy (non-hydrogen) atoms. The summed E-state index contributed by atoms with van der Waals surface area (Å²) in [7, 11) is 0. The summed E-state index contributed by atoms with van der Waals surface area (Å²) < 4.78 is 0. The van der Waals surface area contributed by atoms with E-state index in [0.29, 0.717) is 5.69 Å². The third-order valence-electron chi connectivity index (χ3n) is 6.01. The fourth-order valence-electron chi connectivity index (χ4n) is 4.40. The number of hydrogen-bond acceptors (Lipinski definition) is 2. The maximum absolute atomic E-state index is 12.4. The van der Waals surface area contributed by atoms with Crippen LogP contribution >= 0.6 is 0 Å². The molecule has 5 aromatic rings. The van der Waals surface area contributed by atoms with Crippen molar-refractivity contribution in [3.63, 3.8) is 0 Å². The second-order valence-electron chi connectivity index (χ2n) is 8.02. The Labute approximate surface area is 191 Å². The lowest BCUT2D eigenvalue weighted by Crippen LogP contribution is -2.21. The van der Waals surface area contributed by atoms with Gasteiger partial charge in [-0.2, -0.15) is 5.10 Å². The van der Waals surface area contributed by atoms with Crippen LogP contribution in [0.15, 0.2) is 110 Å². The number of nitrogens with zero attached hydrogens (tertiary/aromatic N) is 1. The first-order chi connectivity index (χ1) is 16.2. The van der Waals surface area contributed by atoms with Gasteiger partial charge < -0.3 is 10.1 Å². The zero-order valence-corrected chi connectivity index (χ0v) is 17.8. The third-order valence-corrected chi connectivity index (χ3v) is 6.01. The van der Waals surface area contributed by atoms with Gasteiger partial charge in [0.15, 0.2) is 0 Å². The molecule has 0 saturated carbocycles. The summed E-state index contributed by atoms with van der Waals surface area (Å²) in [5, 5.41) is 17.1. The van der Waals surface area contributed by atoms with Crippen molar-refractivity contribution in [2.45, 2.75) is 11.8 Å². The molecule has 0 aliphatic rings. The molecule has 0 amide bonds. The van der Waals surface area contributed by atoms with Gasteiger partial charge in [-0.05, 0) is 45.5 Å². The van der Waals surface area contributed by atoms with Gasteiger partial charge in [0.2, 0.25) is 0 Å². The van der Waals surface area contributed by atoms with Gasteiger partial charge in [0.05, 0.1) is 6.20 Å². The molecular formula is C28H23N3O2. The summed E-state index contributed by atoms with van der Waals surface area (Å²) in [4.78, 5) is 15.5. The van der Waals surface area contributed by atoms with Crippen molar-refractivity contribution in [1.82, 2.24) is 15.2 Å². The number of aromatic amines is 2. The van der Waals surface area contributed by atoms with Crippen LogP contribution in [0.3, 0.4) is 0 Å². The number of carboxylic acid groups (broad SMARTS) is 1. The molecule has 3 N–H and O–H groups in total. The van der Waals surface area contributed by atoms with E-state index < -0.39 is 17.8 Å². The highest BCUT2D eigenvalue weighted by Gasteiger charge is 2.34. The standard InChI is InChI=1S/C28H23N3O2/c32-28(33)27(25-10-5-15-29-25)26(24-17-30-31-18-24)23-9-4-8-22(16-23)21-13-11-20(12-14-21)19-6-2-1-3-7-19/h1-18,26-27,29H,(H,30,31)(H,32,33). The predicted octanol–water partition coefficient (Wildman–Crippen LogP) is 6.07. The average Bonchev–Trinajstić information content (AvgIpc) is 3.58. The number of carboxylic acids is 1. The summed E-state index contributed by atoms with van der Waals surface area (Å²) in [6, 6.07) is 30.4. The molecule has 2 heterocycles. The number of H-pyrrole nitrogens is 2. The SMILES string of the molecule is O=C(O)C(c1ccc[nH]1)C(c1cn[nH]c1)c1cccc(-c2ccc(-c3ccccc3)cc2)c1. The van der Waals surface area contributed by atoms with Gasteiger partial charge in [-0.15, -0.1) is 0 Å². The topological polar surface area (TPSA) is 81.8 Å². The zero-order chi connectivity index (χ0) is 22.6. The Morgan fingerprint density at radius 3 is 2.09 bits per heavy atom. The van der Waals surface area contributed by atoms with Crippen molar-refractivity contribution < 1.29 is 9.90 Å². The van der Waals surface area contributed by atoms with Crippen LogP contribution in [0.25, 0.3) is 22.3 Å². The molecule has 5 rings (SSSR count). The molecule has 0 aliphatic heterocycles. The normalized spacial score (nSPS) is 12.8. The van der Waals surface area contributed by atoms with Crippen molar-refractivity contribution in [2.75, 3.05) is 0 Å². The Balaban J connectivity index is 1.54. The molecule has 0 fully saturated rings. The van der Waals surface area contributed by atoms with Gasteiger partial charge in [-0.3, -0.25) is 9.89 Å². The largest absolute Gasteiger partial charge is 0.481 e. The zero-order valence-electron chi connectivity index (χ0n) is 17.8. The van der Waals surface area contributed by atoms with Crippen LogP contribution in [0.1, 0.15) is 28.7 Å². The molecule has 2 unspecified atom stereocenters. The Bertz CT molecular complexity index is 1330. The summed E-state index contributed by atoms with van der Waals surface area (Å²) in [5.41, 5.74) is 6.85. The van der Waals surface area contributed by atoms with Crippen molar-refractivity contribution in [3.05, 3.63) is 126 Å². The Kier molecular flexibility index (Phi) is 5.60. The van der Waals surface area contributed by atoms with Crippen molar-refractivity contribution in [1.29, 1.82) is 0 Å². The molecular weight excluding hydrogens is 410 g/mol. The summed E-state index contributed by atoms with van der Waals surface area (Å²) in [6.45, 7) is 0. The molecule has 5 nitrogen and oxygen atoms in total. The van der Waals surface area contributed by atoms with E-state index in [0.717, 1.165) is 27.8 Å². The number of rotatable bonds is 7. The first-order valence-corrected chi connectivity index (χ1v) is 10.8. The van der Waals surface area contributed by atoms with Crippen molar-refractivity contribution in [2.24, 2.45) is 0 Å². The molecule has 0 bridgehead atoms. The van der Waals surface area contributed by atoms with Crippen LogP contribution in [-0.4, -0.2) is 26.3 Å². The molecule has 0 radical (unpaired) electrons. The van der Waals surface area contributed by atoms with E-state index in [-0.39, 0.29) is 0 Å². The van der Waals surface area contributed by atoms with Crippen LogP contribution in [0, 0.1) is 0 Å². The van der Waals surface area contributed by atoms with Gasteiger partial charge in [0.25, 0.3) is 0 Å². The molecule has 2 atom stereocenters. The molecule has 0 saturated heterocycles. The van der Waals surface area contributed by atoms with E-state index in [1.54, 1.807) is 18.6 Å². The lowest BCUT2D eigenvalue weighted by Gasteiger charge is -2.23. The van der Waals surface area contributed by atoms with E-state index in [4.69, 9.17) is 0 Å². The number of nitrogens with one attached hydrogen (secondary N) is 2. The van der Waals surface area contributed by atoms with E-state index >= 15 is 0 Å². The molecule has 0 aliphatic carbocycles. The second kappa shape index (κ2) is 9.01. The quantitative estimate of drug-likeness (QED) is 0.291. The smallest absolute Gasteiger partial charge is 0.313 e. The van der Waals surface area contributed by atoms with Crippen LogP contribution < -0.4 is 0 Å². The average molecular weight is 434 g/mol. The number of carbonyl (C=O) groups is 1. The number of aromatic nitrogens is 3. The number of aliphatic carboxylic acids is 1. The first-order valence-electron chi connectivity index (χ1n) is 10.8. The second-order valence-corrected chi connectivity index (χ2v) is 8.02. The van der Waals surface area contributed by atoms with Gasteiger partial charge in [0, 0.05) is 24.0 Å². The van der Waals surface area contributed by atoms with Crippen LogP contribution in [0.4, 0.5) is 0 Å². The fourth-order valence-corrected chi connectivity index (χ4v) is 4.40. The monoisotopic (exact) mass is 433 g/mol. The highest BCUT2D eigenvalue weighted by Crippen LogP contribution is 2.39. The molecule has 3 aromatic carbocycles. The van der Waals surface area contributed by atoms with Crippen molar-refractivity contribution >= 4 is 5.97 Å². The van der Waals surface area contributed by atoms with Crippen molar-refractivity contribution in [3.8, 4) is 22.3 Å². The van der Waals surface area contributed by atoms with Crippen LogP contribution in [0.5, 0.6) is 0 Å². The minimum Gasteiger partial charge on any atom is -0.481 e. The van der Waals surface area contributed by atoms with Crippen LogP contribution in [0.2, 0.25) is 0 Å². The summed E-state index contributed by atoms with van der Waals surface area (Å²) in [5.74, 6) is -2.06. The Morgan fingerprint density at radius 2 is 1.45 bits per heavy atom. The number of benzene rings is 3. The summed E-state index contributed by atoms with van der Waals surface area (Å²) in [6.07, 6.45) is 5.22. The van der Waals surface area contributed by atoms with E-state index in [9.17, 15) is 9.90 Å². The van der Waals surface area contributed by atoms with E-state index in [2.05, 4.69) is 63.7 Å². The Morgan fingerprint density at radius 1 is 0.758 bits per heavy atom. The highest BCUT2D eigenvalue weighted by atomic mass is 16.4. The lowest BCUT2D eigenvalue weighted by atomic mass is 9.79. The minimum absolute atomic E-state index is 0.400. The summed E-state index contributed by atoms with van der Waals surface area (Å²) >= 11 is 0. The van der Waals surface area contributed by atoms with Gasteiger partial charge in [0.1, 0.15) is 5.92 Å². The van der Waals surface area contributed by atoms with Crippen LogP contribution in [-0.2, 0) is 4.79 Å². The fraction of sp³-hybridized carbons (Fsp3) is 0.0714. The molecule has 162 valence electrons. The number of hydrogen-bond donors (Lipinski definition) is 3. The van der Waals surface area contributed by atoms with E-state index in [1.807, 2.05) is 42.5 Å². The predicted molar refractivity (Wildman–Crippen MR) is 129 cm³/mol. The third kappa shape index (κ3) is 4.21. The molecule has 5 heteroatoms. The van der Waals surface area contributed by atoms with Gasteiger partial charge >= 0.3 is 5.97 Å². The first kappa shape index (κ1) is 20.5.